The molecule has 0 spiro atoms. The molecule has 0 bridgehead atoms. The third kappa shape index (κ3) is 3.40. The number of carbonyl (C=O) groups excluding carboxylic acids is 1. The number of aryl methyl sites for hydroxylation is 1. The van der Waals surface area contributed by atoms with Gasteiger partial charge in [-0.1, -0.05) is 25.4 Å². The minimum Gasteiger partial charge on any atom is -0.335 e. The Balaban J connectivity index is 2.06. The van der Waals surface area contributed by atoms with Gasteiger partial charge in [-0.25, -0.2) is 4.98 Å². The Morgan fingerprint density at radius 3 is 2.42 bits per heavy atom. The summed E-state index contributed by atoms with van der Waals surface area (Å²) in [6.07, 6.45) is -3.22. The highest BCUT2D eigenvalue weighted by Gasteiger charge is 2.34. The molecule has 1 aliphatic heterocycles. The topological polar surface area (TPSA) is 40.9 Å². The first-order chi connectivity index (χ1) is 12.3. The van der Waals surface area contributed by atoms with Crippen LogP contribution in [0.15, 0.2) is 12.3 Å². The molecule has 142 valence electrons. The predicted octanol–water partition coefficient (Wildman–Crippen LogP) is 3.35. The van der Waals surface area contributed by atoms with Crippen LogP contribution in [0.3, 0.4) is 0 Å². The third-order valence-corrected chi connectivity index (χ3v) is 5.00. The normalized spacial score (nSPS) is 16.5. The van der Waals surface area contributed by atoms with Crippen molar-refractivity contribution in [2.75, 3.05) is 32.7 Å². The van der Waals surface area contributed by atoms with Crippen LogP contribution < -0.4 is 0 Å². The van der Waals surface area contributed by atoms with Crippen LogP contribution in [0, 0.1) is 0 Å². The van der Waals surface area contributed by atoms with Gasteiger partial charge >= 0.3 is 6.18 Å². The first-order valence-electron chi connectivity index (χ1n) is 8.55. The number of carbonyl (C=O) groups is 1. The molecular weight excluding hydrogens is 369 g/mol. The molecule has 0 saturated carbocycles. The number of alkyl halides is 3. The van der Waals surface area contributed by atoms with E-state index in [0.29, 0.717) is 25.2 Å². The van der Waals surface area contributed by atoms with E-state index >= 15 is 0 Å². The highest BCUT2D eigenvalue weighted by molar-refractivity contribution is 6.33. The van der Waals surface area contributed by atoms with Crippen molar-refractivity contribution < 1.29 is 18.0 Å². The fourth-order valence-corrected chi connectivity index (χ4v) is 3.45. The standard InChI is InChI=1S/C17H20ClF3N4O/c1-3-13-14(16(26)24-7-5-23(4-2)6-8-24)25-10-11(17(19,20)21)9-12(18)15(25)22-13/h9-10H,3-8H2,1-2H3. The molecule has 3 heterocycles. The summed E-state index contributed by atoms with van der Waals surface area (Å²) in [7, 11) is 0. The first kappa shape index (κ1) is 19.0. The molecule has 0 unspecified atom stereocenters. The summed E-state index contributed by atoms with van der Waals surface area (Å²) < 4.78 is 40.7. The molecule has 1 fully saturated rings. The zero-order chi connectivity index (χ0) is 19.1. The number of hydrogen-bond acceptors (Lipinski definition) is 3. The van der Waals surface area contributed by atoms with Gasteiger partial charge in [0, 0.05) is 32.4 Å². The van der Waals surface area contributed by atoms with Gasteiger partial charge in [0.05, 0.1) is 16.3 Å². The largest absolute Gasteiger partial charge is 0.417 e. The van der Waals surface area contributed by atoms with Crippen molar-refractivity contribution in [3.05, 3.63) is 34.2 Å². The van der Waals surface area contributed by atoms with E-state index in [9.17, 15) is 18.0 Å². The van der Waals surface area contributed by atoms with Gasteiger partial charge in [-0.3, -0.25) is 9.20 Å². The second kappa shape index (κ2) is 7.08. The van der Waals surface area contributed by atoms with Crippen molar-refractivity contribution >= 4 is 23.2 Å². The third-order valence-electron chi connectivity index (χ3n) is 4.72. The molecule has 26 heavy (non-hydrogen) atoms. The number of fused-ring (bicyclic) bond motifs is 1. The molecule has 5 nitrogen and oxygen atoms in total. The van der Waals surface area contributed by atoms with Gasteiger partial charge in [0.2, 0.25) is 0 Å². The predicted molar refractivity (Wildman–Crippen MR) is 92.6 cm³/mol. The minimum absolute atomic E-state index is 0.121. The van der Waals surface area contributed by atoms with Crippen molar-refractivity contribution in [1.29, 1.82) is 0 Å². The van der Waals surface area contributed by atoms with Crippen LogP contribution in [0.2, 0.25) is 5.02 Å². The lowest BCUT2D eigenvalue weighted by Gasteiger charge is -2.34. The molecule has 3 rings (SSSR count). The average molecular weight is 389 g/mol. The van der Waals surface area contributed by atoms with E-state index in [2.05, 4.69) is 16.8 Å². The summed E-state index contributed by atoms with van der Waals surface area (Å²) in [4.78, 5) is 21.2. The number of hydrogen-bond donors (Lipinski definition) is 0. The van der Waals surface area contributed by atoms with Gasteiger partial charge in [0.25, 0.3) is 5.91 Å². The van der Waals surface area contributed by atoms with Gasteiger partial charge in [0.1, 0.15) is 5.69 Å². The number of nitrogens with zero attached hydrogens (tertiary/aromatic N) is 4. The molecule has 1 amide bonds. The smallest absolute Gasteiger partial charge is 0.335 e. The number of amides is 1. The Bertz CT molecular complexity index is 826. The highest BCUT2D eigenvalue weighted by Crippen LogP contribution is 2.33. The Morgan fingerprint density at radius 1 is 1.23 bits per heavy atom. The van der Waals surface area contributed by atoms with Crippen LogP contribution in [0.25, 0.3) is 5.65 Å². The summed E-state index contributed by atoms with van der Waals surface area (Å²) >= 11 is 6.02. The molecular formula is C17H20ClF3N4O. The van der Waals surface area contributed by atoms with Crippen LogP contribution in [0.5, 0.6) is 0 Å². The Hall–Kier alpha value is -1.80. The van der Waals surface area contributed by atoms with E-state index in [1.54, 1.807) is 4.90 Å². The minimum atomic E-state index is -4.55. The number of halogens is 4. The van der Waals surface area contributed by atoms with Crippen LogP contribution in [-0.2, 0) is 12.6 Å². The van der Waals surface area contributed by atoms with Gasteiger partial charge in [-0.2, -0.15) is 13.2 Å². The lowest BCUT2D eigenvalue weighted by Crippen LogP contribution is -2.48. The zero-order valence-electron chi connectivity index (χ0n) is 14.6. The molecule has 0 aliphatic carbocycles. The van der Waals surface area contributed by atoms with E-state index < -0.39 is 11.7 Å². The summed E-state index contributed by atoms with van der Waals surface area (Å²) in [5.74, 6) is -0.305. The molecule has 0 radical (unpaired) electrons. The molecule has 2 aromatic heterocycles. The number of piperazine rings is 1. The lowest BCUT2D eigenvalue weighted by atomic mass is 10.2. The zero-order valence-corrected chi connectivity index (χ0v) is 15.4. The Kier molecular flexibility index (Phi) is 5.16. The second-order valence-electron chi connectivity index (χ2n) is 6.26. The average Bonchev–Trinajstić information content (AvgIpc) is 2.99. The summed E-state index contributed by atoms with van der Waals surface area (Å²) in [6.45, 7) is 7.34. The van der Waals surface area contributed by atoms with E-state index in [1.807, 2.05) is 6.92 Å². The van der Waals surface area contributed by atoms with Gasteiger partial charge in [-0.15, -0.1) is 0 Å². The molecule has 9 heteroatoms. The molecule has 2 aromatic rings. The Morgan fingerprint density at radius 2 is 1.88 bits per heavy atom. The van der Waals surface area contributed by atoms with Crippen molar-refractivity contribution in [2.24, 2.45) is 0 Å². The van der Waals surface area contributed by atoms with Gasteiger partial charge in [-0.05, 0) is 19.0 Å². The Labute approximate surface area is 154 Å². The van der Waals surface area contributed by atoms with E-state index in [4.69, 9.17) is 11.6 Å². The number of likely N-dealkylation sites (N-methyl/N-ethyl adjacent to an activating group) is 1. The number of aromatic nitrogens is 2. The van der Waals surface area contributed by atoms with E-state index in [1.165, 1.54) is 4.40 Å². The van der Waals surface area contributed by atoms with Crippen molar-refractivity contribution in [1.82, 2.24) is 19.2 Å². The van der Waals surface area contributed by atoms with Gasteiger partial charge < -0.3 is 9.80 Å². The van der Waals surface area contributed by atoms with Crippen LogP contribution in [-0.4, -0.2) is 57.8 Å². The summed E-state index contributed by atoms with van der Waals surface area (Å²) in [6, 6.07) is 0.845. The van der Waals surface area contributed by atoms with E-state index in [0.717, 1.165) is 31.9 Å². The monoisotopic (exact) mass is 388 g/mol. The number of rotatable bonds is 3. The molecule has 0 N–H and O–H groups in total. The SMILES string of the molecule is CCc1nc2c(Cl)cc(C(F)(F)F)cn2c1C(=O)N1CCN(CC)CC1. The maximum Gasteiger partial charge on any atom is 0.417 e. The maximum atomic E-state index is 13.2. The number of imidazole rings is 1. The highest BCUT2D eigenvalue weighted by atomic mass is 35.5. The van der Waals surface area contributed by atoms with E-state index in [-0.39, 0.29) is 22.3 Å². The fraction of sp³-hybridized carbons (Fsp3) is 0.529. The van der Waals surface area contributed by atoms with Gasteiger partial charge in [0.15, 0.2) is 5.65 Å². The van der Waals surface area contributed by atoms with Crippen LogP contribution >= 0.6 is 11.6 Å². The fourth-order valence-electron chi connectivity index (χ4n) is 3.20. The summed E-state index contributed by atoms with van der Waals surface area (Å²) in [5, 5.41) is -0.121. The van der Waals surface area contributed by atoms with Crippen LogP contribution in [0.4, 0.5) is 13.2 Å². The molecule has 1 saturated heterocycles. The van der Waals surface area contributed by atoms with Crippen LogP contribution in [0.1, 0.15) is 35.6 Å². The van der Waals surface area contributed by atoms with Crippen molar-refractivity contribution in [3.8, 4) is 0 Å². The lowest BCUT2D eigenvalue weighted by molar-refractivity contribution is -0.137. The number of pyridine rings is 1. The maximum absolute atomic E-state index is 13.2. The molecule has 1 aliphatic rings. The first-order valence-corrected chi connectivity index (χ1v) is 8.93. The quantitative estimate of drug-likeness (QED) is 0.809. The summed E-state index contributed by atoms with van der Waals surface area (Å²) in [5.41, 5.74) is -0.110. The van der Waals surface area contributed by atoms with Crippen molar-refractivity contribution in [3.63, 3.8) is 0 Å². The second-order valence-corrected chi connectivity index (χ2v) is 6.66. The molecule has 0 atom stereocenters. The van der Waals surface area contributed by atoms with Crippen molar-refractivity contribution in [2.45, 2.75) is 26.4 Å². The molecule has 0 aromatic carbocycles.